The highest BCUT2D eigenvalue weighted by molar-refractivity contribution is 5.76. The summed E-state index contributed by atoms with van der Waals surface area (Å²) in [5.74, 6) is 5.98. The van der Waals surface area contributed by atoms with E-state index in [9.17, 15) is 4.79 Å². The number of nitrogens with one attached hydrogen (secondary N) is 1. The lowest BCUT2D eigenvalue weighted by molar-refractivity contribution is -0.117. The highest BCUT2D eigenvalue weighted by Gasteiger charge is 2.53. The average Bonchev–Trinajstić information content (AvgIpc) is 3.37. The molecule has 240 valence electrons. The Hall–Kier alpha value is -3.55. The number of anilines is 1. The average molecular weight is 613 g/mol. The fourth-order valence-corrected chi connectivity index (χ4v) is 9.47. The number of ketones is 1. The van der Waals surface area contributed by atoms with Gasteiger partial charge in [-0.2, -0.15) is 5.10 Å². The first-order chi connectivity index (χ1) is 21.8. The Morgan fingerprint density at radius 3 is 2.49 bits per heavy atom. The maximum atomic E-state index is 12.6. The summed E-state index contributed by atoms with van der Waals surface area (Å²) >= 11 is 0. The van der Waals surface area contributed by atoms with Crippen LogP contribution in [0.3, 0.4) is 0 Å². The predicted molar refractivity (Wildman–Crippen MR) is 175 cm³/mol. The van der Waals surface area contributed by atoms with Gasteiger partial charge in [0.05, 0.1) is 26.5 Å². The molecule has 4 fully saturated rings. The molecule has 1 atom stereocenters. The van der Waals surface area contributed by atoms with E-state index in [0.717, 1.165) is 83.7 Å². The summed E-state index contributed by atoms with van der Waals surface area (Å²) in [7, 11) is 5.41. The molecule has 2 aromatic heterocycles. The van der Waals surface area contributed by atoms with Crippen LogP contribution >= 0.6 is 0 Å². The molecule has 4 saturated carbocycles. The number of hydrogen-bond donors (Lipinski definition) is 1. The van der Waals surface area contributed by atoms with Gasteiger partial charge in [0.2, 0.25) is 5.88 Å². The van der Waals surface area contributed by atoms with Crippen LogP contribution in [0.25, 0.3) is 0 Å². The molecule has 1 aromatic carbocycles. The standard InChI is InChI=1S/C37H48N4O4/c1-23(42)12-28(16-31-19-34(41(2)40-31)45-11-9-30-8-7-27-6-5-10-38-36(27)39-30)29-17-32(35(44-4)33(18-29)43-3)37-20-24-13-25(21-37)15-26(14-24)22-37/h7-8,17-19,24-26,28H,5-6,9-16,20-22H2,1-4H3,(H,38,39). The molecular weight excluding hydrogens is 564 g/mol. The molecule has 0 saturated heterocycles. The highest BCUT2D eigenvalue weighted by Crippen LogP contribution is 2.62. The second kappa shape index (κ2) is 12.3. The lowest BCUT2D eigenvalue weighted by atomic mass is 9.48. The minimum atomic E-state index is -0.0232. The van der Waals surface area contributed by atoms with Crippen molar-refractivity contribution in [1.82, 2.24) is 14.8 Å². The summed E-state index contributed by atoms with van der Waals surface area (Å²) in [6.45, 7) is 3.19. The van der Waals surface area contributed by atoms with E-state index in [1.165, 1.54) is 49.7 Å². The molecule has 1 N–H and O–H groups in total. The number of aryl methyl sites for hydroxylation is 2. The zero-order valence-corrected chi connectivity index (χ0v) is 27.4. The van der Waals surface area contributed by atoms with Gasteiger partial charge in [-0.1, -0.05) is 12.1 Å². The Bertz CT molecular complexity index is 1530. The number of benzene rings is 1. The summed E-state index contributed by atoms with van der Waals surface area (Å²) in [5.41, 5.74) is 5.80. The van der Waals surface area contributed by atoms with Crippen molar-refractivity contribution in [3.8, 4) is 17.4 Å². The fraction of sp³-hybridized carbons (Fsp3) is 0.595. The molecule has 0 spiro atoms. The minimum Gasteiger partial charge on any atom is -0.493 e. The molecule has 8 heteroatoms. The number of hydrogen-bond acceptors (Lipinski definition) is 7. The molecule has 3 aromatic rings. The Labute approximate surface area is 267 Å². The number of carbonyl (C=O) groups excluding carboxylic acids is 1. The Kier molecular flexibility index (Phi) is 8.25. The zero-order chi connectivity index (χ0) is 31.1. The number of carbonyl (C=O) groups is 1. The van der Waals surface area contributed by atoms with Crippen molar-refractivity contribution >= 4 is 11.6 Å². The van der Waals surface area contributed by atoms with Gasteiger partial charge in [-0.05, 0) is 117 Å². The number of rotatable bonds is 12. The van der Waals surface area contributed by atoms with Crippen molar-refractivity contribution in [2.24, 2.45) is 24.8 Å². The zero-order valence-electron chi connectivity index (χ0n) is 27.4. The smallest absolute Gasteiger partial charge is 0.211 e. The van der Waals surface area contributed by atoms with Crippen LogP contribution in [0.5, 0.6) is 17.4 Å². The van der Waals surface area contributed by atoms with E-state index in [2.05, 4.69) is 29.6 Å². The summed E-state index contributed by atoms with van der Waals surface area (Å²) < 4.78 is 20.0. The number of fused-ring (bicyclic) bond motifs is 1. The number of aromatic nitrogens is 3. The largest absolute Gasteiger partial charge is 0.493 e. The van der Waals surface area contributed by atoms with Gasteiger partial charge < -0.3 is 24.3 Å². The van der Waals surface area contributed by atoms with E-state index in [-0.39, 0.29) is 17.1 Å². The van der Waals surface area contributed by atoms with E-state index in [1.807, 2.05) is 13.1 Å². The van der Waals surface area contributed by atoms with Crippen molar-refractivity contribution in [1.29, 1.82) is 0 Å². The third kappa shape index (κ3) is 6.05. The SMILES string of the molecule is COc1cc(C(CC(C)=O)Cc2cc(OCCc3ccc4c(n3)NCCC4)n(C)n2)cc(C23CC4CC(CC(C4)C2)C3)c1OC. The fourth-order valence-electron chi connectivity index (χ4n) is 9.47. The summed E-state index contributed by atoms with van der Waals surface area (Å²) in [5, 5.41) is 8.23. The van der Waals surface area contributed by atoms with Gasteiger partial charge in [0, 0.05) is 43.8 Å². The van der Waals surface area contributed by atoms with Crippen molar-refractivity contribution in [2.45, 2.75) is 88.9 Å². The monoisotopic (exact) mass is 612 g/mol. The number of pyridine rings is 1. The van der Waals surface area contributed by atoms with Crippen molar-refractivity contribution in [3.05, 3.63) is 58.4 Å². The van der Waals surface area contributed by atoms with Crippen LogP contribution in [-0.4, -0.2) is 47.9 Å². The number of ether oxygens (including phenoxy) is 3. The Morgan fingerprint density at radius 2 is 1.80 bits per heavy atom. The molecule has 8 rings (SSSR count). The molecule has 45 heavy (non-hydrogen) atoms. The quantitative estimate of drug-likeness (QED) is 0.247. The molecule has 1 aliphatic heterocycles. The maximum Gasteiger partial charge on any atom is 0.211 e. The van der Waals surface area contributed by atoms with Crippen molar-refractivity contribution in [3.63, 3.8) is 0 Å². The van der Waals surface area contributed by atoms with Crippen LogP contribution < -0.4 is 19.5 Å². The number of Topliss-reactive ketones (excluding diaryl/α,β-unsaturated/α-hetero) is 1. The lowest BCUT2D eigenvalue weighted by Gasteiger charge is -2.57. The van der Waals surface area contributed by atoms with Crippen LogP contribution in [0.1, 0.15) is 92.3 Å². The molecular formula is C37H48N4O4. The number of methoxy groups -OCH3 is 2. The van der Waals surface area contributed by atoms with Gasteiger partial charge in [0.25, 0.3) is 0 Å². The van der Waals surface area contributed by atoms with Gasteiger partial charge in [-0.3, -0.25) is 0 Å². The molecule has 0 radical (unpaired) electrons. The van der Waals surface area contributed by atoms with Crippen LogP contribution in [-0.2, 0) is 36.5 Å². The van der Waals surface area contributed by atoms with E-state index in [1.54, 1.807) is 25.8 Å². The molecule has 5 aliphatic rings. The topological polar surface area (TPSA) is 87.5 Å². The Balaban J connectivity index is 1.11. The van der Waals surface area contributed by atoms with Crippen LogP contribution in [0.4, 0.5) is 5.82 Å². The first-order valence-electron chi connectivity index (χ1n) is 17.0. The predicted octanol–water partition coefficient (Wildman–Crippen LogP) is 6.59. The van der Waals surface area contributed by atoms with Crippen LogP contribution in [0, 0.1) is 17.8 Å². The molecule has 4 bridgehead atoms. The van der Waals surface area contributed by atoms with Crippen molar-refractivity contribution < 1.29 is 19.0 Å². The third-order valence-electron chi connectivity index (χ3n) is 11.0. The van der Waals surface area contributed by atoms with Crippen LogP contribution in [0.2, 0.25) is 0 Å². The van der Waals surface area contributed by atoms with Gasteiger partial charge >= 0.3 is 0 Å². The van der Waals surface area contributed by atoms with Crippen LogP contribution in [0.15, 0.2) is 30.3 Å². The summed E-state index contributed by atoms with van der Waals surface area (Å²) in [6, 6.07) is 10.8. The Morgan fingerprint density at radius 1 is 1.04 bits per heavy atom. The van der Waals surface area contributed by atoms with E-state index in [4.69, 9.17) is 24.3 Å². The lowest BCUT2D eigenvalue weighted by Crippen LogP contribution is -2.48. The first kappa shape index (κ1) is 30.1. The number of nitrogens with zero attached hydrogens (tertiary/aromatic N) is 3. The first-order valence-corrected chi connectivity index (χ1v) is 17.0. The highest BCUT2D eigenvalue weighted by atomic mass is 16.5. The van der Waals surface area contributed by atoms with E-state index < -0.39 is 0 Å². The van der Waals surface area contributed by atoms with E-state index in [0.29, 0.717) is 19.4 Å². The minimum absolute atomic E-state index is 0.0232. The molecule has 3 heterocycles. The van der Waals surface area contributed by atoms with E-state index >= 15 is 0 Å². The normalized spacial score (nSPS) is 25.4. The van der Waals surface area contributed by atoms with Crippen molar-refractivity contribution in [2.75, 3.05) is 32.7 Å². The third-order valence-corrected chi connectivity index (χ3v) is 11.0. The summed E-state index contributed by atoms with van der Waals surface area (Å²) in [6.07, 6.45) is 11.9. The van der Waals surface area contributed by atoms with Gasteiger partial charge in [-0.25, -0.2) is 9.67 Å². The molecule has 8 nitrogen and oxygen atoms in total. The molecule has 4 aliphatic carbocycles. The molecule has 0 amide bonds. The second-order valence-corrected chi connectivity index (χ2v) is 14.3. The van der Waals surface area contributed by atoms with Gasteiger partial charge in [-0.15, -0.1) is 0 Å². The molecule has 1 unspecified atom stereocenters. The summed E-state index contributed by atoms with van der Waals surface area (Å²) in [4.78, 5) is 17.4. The van der Waals surface area contributed by atoms with Gasteiger partial charge in [0.15, 0.2) is 11.5 Å². The van der Waals surface area contributed by atoms with Gasteiger partial charge in [0.1, 0.15) is 11.6 Å². The maximum absolute atomic E-state index is 12.6. The second-order valence-electron chi connectivity index (χ2n) is 14.3.